The molecule has 1 N–H and O–H groups in total. The Balaban J connectivity index is 2.26. The summed E-state index contributed by atoms with van der Waals surface area (Å²) in [6.45, 7) is 12.2. The number of anilines is 1. The Morgan fingerprint density at radius 1 is 1.24 bits per heavy atom. The van der Waals surface area contributed by atoms with E-state index in [0.717, 1.165) is 5.56 Å². The second kappa shape index (κ2) is 10.8. The van der Waals surface area contributed by atoms with Crippen LogP contribution in [0.1, 0.15) is 54.0 Å². The minimum absolute atomic E-state index is 0.181. The van der Waals surface area contributed by atoms with E-state index in [4.69, 9.17) is 9.47 Å². The van der Waals surface area contributed by atoms with Crippen molar-refractivity contribution in [3.63, 3.8) is 0 Å². The average Bonchev–Trinajstić information content (AvgIpc) is 3.14. The summed E-state index contributed by atoms with van der Waals surface area (Å²) in [6.07, 6.45) is 1.18. The molecule has 0 aromatic carbocycles. The van der Waals surface area contributed by atoms with Gasteiger partial charge in [0.1, 0.15) is 29.5 Å². The zero-order valence-corrected chi connectivity index (χ0v) is 21.2. The standard InChI is InChI=1S/C24H36N4O6/c1-9-33-22(31)17-13-16-11-10-12-25-19(16)28(17)21(30)18(14(2)3)26-20(29)15(4)27(8)23(32)34-24(5,6)7/h10-12,14-15,17-18H,9,13H2,1-8H3,(H,26,29)/t15-,17?,18-/m0/s1. The van der Waals surface area contributed by atoms with Gasteiger partial charge < -0.3 is 14.8 Å². The van der Waals surface area contributed by atoms with Gasteiger partial charge in [-0.1, -0.05) is 19.9 Å². The summed E-state index contributed by atoms with van der Waals surface area (Å²) in [7, 11) is 1.46. The first kappa shape index (κ1) is 27.1. The predicted octanol–water partition coefficient (Wildman–Crippen LogP) is 2.30. The van der Waals surface area contributed by atoms with Gasteiger partial charge in [0.2, 0.25) is 5.91 Å². The number of rotatable bonds is 7. The number of likely N-dealkylation sites (N-methyl/N-ethyl adjacent to an activating group) is 1. The number of carbonyl (C=O) groups is 4. The smallest absolute Gasteiger partial charge is 0.410 e. The van der Waals surface area contributed by atoms with E-state index in [0.29, 0.717) is 5.82 Å². The van der Waals surface area contributed by atoms with Gasteiger partial charge >= 0.3 is 12.1 Å². The van der Waals surface area contributed by atoms with E-state index in [-0.39, 0.29) is 18.9 Å². The van der Waals surface area contributed by atoms with E-state index < -0.39 is 47.6 Å². The van der Waals surface area contributed by atoms with Crippen LogP contribution in [0.4, 0.5) is 10.6 Å². The summed E-state index contributed by atoms with van der Waals surface area (Å²) in [5.74, 6) is -1.43. The van der Waals surface area contributed by atoms with Crippen LogP contribution in [-0.4, -0.2) is 71.1 Å². The van der Waals surface area contributed by atoms with Gasteiger partial charge in [-0.2, -0.15) is 0 Å². The molecule has 1 aliphatic rings. The molecular formula is C24H36N4O6. The van der Waals surface area contributed by atoms with Gasteiger partial charge in [-0.15, -0.1) is 0 Å². The van der Waals surface area contributed by atoms with Crippen LogP contribution in [-0.2, 0) is 30.3 Å². The summed E-state index contributed by atoms with van der Waals surface area (Å²) in [5.41, 5.74) is 0.0386. The van der Waals surface area contributed by atoms with E-state index in [1.165, 1.54) is 16.8 Å². The molecule has 1 aromatic heterocycles. The molecule has 1 unspecified atom stereocenters. The largest absolute Gasteiger partial charge is 0.464 e. The van der Waals surface area contributed by atoms with Gasteiger partial charge in [-0.05, 0) is 52.2 Å². The summed E-state index contributed by atoms with van der Waals surface area (Å²) in [4.78, 5) is 58.5. The maximum Gasteiger partial charge on any atom is 0.410 e. The molecular weight excluding hydrogens is 440 g/mol. The highest BCUT2D eigenvalue weighted by atomic mass is 16.6. The molecule has 2 heterocycles. The third kappa shape index (κ3) is 6.24. The van der Waals surface area contributed by atoms with Crippen molar-refractivity contribution < 1.29 is 28.7 Å². The third-order valence-corrected chi connectivity index (χ3v) is 5.49. The number of hydrogen-bond acceptors (Lipinski definition) is 7. The Labute approximate surface area is 201 Å². The normalized spacial score (nSPS) is 17.0. The number of ether oxygens (including phenoxy) is 2. The van der Waals surface area contributed by atoms with Crippen LogP contribution in [0.5, 0.6) is 0 Å². The van der Waals surface area contributed by atoms with Crippen molar-refractivity contribution in [3.8, 4) is 0 Å². The number of esters is 1. The summed E-state index contributed by atoms with van der Waals surface area (Å²) >= 11 is 0. The monoisotopic (exact) mass is 476 g/mol. The van der Waals surface area contributed by atoms with Gasteiger partial charge in [-0.3, -0.25) is 19.4 Å². The molecule has 10 heteroatoms. The number of hydrogen-bond donors (Lipinski definition) is 1. The zero-order chi connectivity index (χ0) is 25.8. The molecule has 0 fully saturated rings. The number of amides is 3. The van der Waals surface area contributed by atoms with E-state index in [2.05, 4.69) is 10.3 Å². The molecule has 0 bridgehead atoms. The van der Waals surface area contributed by atoms with Crippen molar-refractivity contribution in [2.75, 3.05) is 18.6 Å². The highest BCUT2D eigenvalue weighted by Gasteiger charge is 2.44. The molecule has 2 rings (SSSR count). The second-order valence-electron chi connectivity index (χ2n) is 9.66. The number of nitrogens with zero attached hydrogens (tertiary/aromatic N) is 3. The molecule has 0 spiro atoms. The van der Waals surface area contributed by atoms with E-state index in [1.807, 2.05) is 6.07 Å². The Hall–Kier alpha value is -3.17. The molecule has 1 aromatic rings. The molecule has 188 valence electrons. The van der Waals surface area contributed by atoms with Gasteiger partial charge in [0.25, 0.3) is 5.91 Å². The first-order valence-corrected chi connectivity index (χ1v) is 11.5. The Morgan fingerprint density at radius 3 is 2.44 bits per heavy atom. The topological polar surface area (TPSA) is 118 Å². The minimum Gasteiger partial charge on any atom is -0.464 e. The lowest BCUT2D eigenvalue weighted by Gasteiger charge is -2.32. The maximum absolute atomic E-state index is 13.7. The van der Waals surface area contributed by atoms with Crippen LogP contribution in [0, 0.1) is 5.92 Å². The number of pyridine rings is 1. The molecule has 3 amide bonds. The van der Waals surface area contributed by atoms with E-state index in [9.17, 15) is 19.2 Å². The number of fused-ring (bicyclic) bond motifs is 1. The second-order valence-corrected chi connectivity index (χ2v) is 9.66. The third-order valence-electron chi connectivity index (χ3n) is 5.49. The molecule has 3 atom stereocenters. The van der Waals surface area contributed by atoms with Crippen molar-refractivity contribution in [2.24, 2.45) is 5.92 Å². The minimum atomic E-state index is -0.952. The molecule has 0 aliphatic carbocycles. The SMILES string of the molecule is CCOC(=O)C1Cc2cccnc2N1C(=O)[C@@H](NC(=O)[C@H](C)N(C)C(=O)OC(C)(C)C)C(C)C. The Bertz CT molecular complexity index is 926. The van der Waals surface area contributed by atoms with Crippen LogP contribution in [0.25, 0.3) is 0 Å². The molecule has 0 radical (unpaired) electrons. The fourth-order valence-electron chi connectivity index (χ4n) is 3.54. The number of nitrogens with one attached hydrogen (secondary N) is 1. The molecule has 10 nitrogen and oxygen atoms in total. The quantitative estimate of drug-likeness (QED) is 0.600. The predicted molar refractivity (Wildman–Crippen MR) is 126 cm³/mol. The highest BCUT2D eigenvalue weighted by Crippen LogP contribution is 2.32. The molecule has 0 saturated carbocycles. The van der Waals surface area contributed by atoms with Crippen LogP contribution < -0.4 is 10.2 Å². The van der Waals surface area contributed by atoms with E-state index >= 15 is 0 Å². The summed E-state index contributed by atoms with van der Waals surface area (Å²) < 4.78 is 10.5. The lowest BCUT2D eigenvalue weighted by Crippen LogP contribution is -2.58. The first-order valence-electron chi connectivity index (χ1n) is 11.5. The van der Waals surface area contributed by atoms with Crippen molar-refractivity contribution in [1.29, 1.82) is 0 Å². The fraction of sp³-hybridized carbons (Fsp3) is 0.625. The van der Waals surface area contributed by atoms with Gasteiger partial charge in [0.05, 0.1) is 6.61 Å². The zero-order valence-electron chi connectivity index (χ0n) is 21.2. The van der Waals surface area contributed by atoms with Crippen molar-refractivity contribution in [2.45, 2.75) is 78.6 Å². The lowest BCUT2D eigenvalue weighted by atomic mass is 10.0. The van der Waals surface area contributed by atoms with Crippen LogP contribution >= 0.6 is 0 Å². The van der Waals surface area contributed by atoms with Gasteiger partial charge in [0, 0.05) is 19.7 Å². The Kier molecular flexibility index (Phi) is 8.63. The highest BCUT2D eigenvalue weighted by molar-refractivity contribution is 6.05. The number of carbonyl (C=O) groups excluding carboxylic acids is 4. The molecule has 0 saturated heterocycles. The van der Waals surface area contributed by atoms with Crippen molar-refractivity contribution in [3.05, 3.63) is 23.9 Å². The molecule has 34 heavy (non-hydrogen) atoms. The Morgan fingerprint density at radius 2 is 1.88 bits per heavy atom. The van der Waals surface area contributed by atoms with Gasteiger partial charge in [-0.25, -0.2) is 14.6 Å². The first-order chi connectivity index (χ1) is 15.8. The molecule has 1 aliphatic heterocycles. The number of aromatic nitrogens is 1. The average molecular weight is 477 g/mol. The summed E-state index contributed by atoms with van der Waals surface area (Å²) in [5, 5.41) is 2.75. The van der Waals surface area contributed by atoms with Crippen molar-refractivity contribution in [1.82, 2.24) is 15.2 Å². The maximum atomic E-state index is 13.7. The van der Waals surface area contributed by atoms with Crippen LogP contribution in [0.15, 0.2) is 18.3 Å². The van der Waals surface area contributed by atoms with Crippen LogP contribution in [0.2, 0.25) is 0 Å². The van der Waals surface area contributed by atoms with Gasteiger partial charge in [0.15, 0.2) is 0 Å². The van der Waals surface area contributed by atoms with Crippen molar-refractivity contribution >= 4 is 29.7 Å². The van der Waals surface area contributed by atoms with Crippen LogP contribution in [0.3, 0.4) is 0 Å². The summed E-state index contributed by atoms with van der Waals surface area (Å²) in [6, 6.07) is 0.839. The van der Waals surface area contributed by atoms with E-state index in [1.54, 1.807) is 60.7 Å². The fourth-order valence-corrected chi connectivity index (χ4v) is 3.54. The lowest BCUT2D eigenvalue weighted by molar-refractivity contribution is -0.146.